The van der Waals surface area contributed by atoms with Crippen LogP contribution in [0.1, 0.15) is 10.4 Å². The van der Waals surface area contributed by atoms with E-state index in [9.17, 15) is 4.79 Å². The average Bonchev–Trinajstić information content (AvgIpc) is 2.83. The van der Waals surface area contributed by atoms with Crippen molar-refractivity contribution in [2.45, 2.75) is 0 Å². The minimum Gasteiger partial charge on any atom is -0.399 e. The number of benzene rings is 2. The molecule has 21 heavy (non-hydrogen) atoms. The first kappa shape index (κ1) is 14.6. The summed E-state index contributed by atoms with van der Waals surface area (Å²) in [6.45, 7) is 0. The fraction of sp³-hybridized carbons (Fsp3) is 0. The van der Waals surface area contributed by atoms with Gasteiger partial charge in [-0.05, 0) is 59.0 Å². The third-order valence-corrected chi connectivity index (χ3v) is 5.32. The summed E-state index contributed by atoms with van der Waals surface area (Å²) < 4.78 is 1.84. The number of carbonyl (C=O) groups is 1. The van der Waals surface area contributed by atoms with Crippen molar-refractivity contribution in [3.63, 3.8) is 0 Å². The molecule has 1 aromatic heterocycles. The molecule has 4 nitrogen and oxygen atoms in total. The van der Waals surface area contributed by atoms with Crippen LogP contribution in [-0.2, 0) is 0 Å². The second kappa shape index (κ2) is 5.78. The summed E-state index contributed by atoms with van der Waals surface area (Å²) >= 11 is 9.53. The van der Waals surface area contributed by atoms with Crippen LogP contribution in [0, 0.1) is 3.57 Å². The first-order valence-corrected chi connectivity index (χ1v) is 8.23. The highest BCUT2D eigenvalue weighted by Crippen LogP contribution is 2.28. The Labute approximate surface area is 143 Å². The van der Waals surface area contributed by atoms with Gasteiger partial charge in [0.2, 0.25) is 0 Å². The Balaban J connectivity index is 1.87. The van der Waals surface area contributed by atoms with Crippen LogP contribution in [0.25, 0.3) is 10.2 Å². The molecular weight excluding hydrogens is 421 g/mol. The number of fused-ring (bicyclic) bond motifs is 1. The van der Waals surface area contributed by atoms with Crippen LogP contribution in [0.2, 0.25) is 5.02 Å². The van der Waals surface area contributed by atoms with Crippen molar-refractivity contribution in [1.29, 1.82) is 0 Å². The zero-order valence-electron chi connectivity index (χ0n) is 10.6. The van der Waals surface area contributed by atoms with Gasteiger partial charge in [0.15, 0.2) is 5.13 Å². The number of hydrogen-bond acceptors (Lipinski definition) is 4. The van der Waals surface area contributed by atoms with Crippen LogP contribution in [0.3, 0.4) is 0 Å². The van der Waals surface area contributed by atoms with Crippen molar-refractivity contribution in [3.05, 3.63) is 50.6 Å². The number of nitrogens with zero attached hydrogens (tertiary/aromatic N) is 1. The van der Waals surface area contributed by atoms with Crippen molar-refractivity contribution in [2.24, 2.45) is 0 Å². The Hall–Kier alpha value is -1.38. The average molecular weight is 430 g/mol. The van der Waals surface area contributed by atoms with E-state index in [0.717, 1.165) is 13.8 Å². The van der Waals surface area contributed by atoms with E-state index >= 15 is 0 Å². The monoisotopic (exact) mass is 429 g/mol. The lowest BCUT2D eigenvalue weighted by molar-refractivity contribution is 0.102. The number of anilines is 2. The van der Waals surface area contributed by atoms with Gasteiger partial charge in [0.1, 0.15) is 0 Å². The van der Waals surface area contributed by atoms with E-state index in [1.54, 1.807) is 24.3 Å². The molecule has 1 heterocycles. The minimum absolute atomic E-state index is 0.236. The maximum atomic E-state index is 12.2. The second-order valence-electron chi connectivity index (χ2n) is 4.33. The Kier molecular flexibility index (Phi) is 4.01. The molecule has 0 bridgehead atoms. The maximum absolute atomic E-state index is 12.2. The largest absolute Gasteiger partial charge is 0.399 e. The van der Waals surface area contributed by atoms with Crippen LogP contribution < -0.4 is 11.1 Å². The van der Waals surface area contributed by atoms with Gasteiger partial charge >= 0.3 is 0 Å². The quantitative estimate of drug-likeness (QED) is 0.469. The number of nitrogen functional groups attached to an aromatic ring is 1. The summed E-state index contributed by atoms with van der Waals surface area (Å²) in [5.74, 6) is -0.236. The van der Waals surface area contributed by atoms with E-state index in [4.69, 9.17) is 17.3 Å². The fourth-order valence-corrected chi connectivity index (χ4v) is 3.23. The molecule has 0 atom stereocenters. The predicted octanol–water partition coefficient (Wildman–Crippen LogP) is 4.39. The van der Waals surface area contributed by atoms with E-state index in [-0.39, 0.29) is 5.91 Å². The highest BCUT2D eigenvalue weighted by Gasteiger charge is 2.11. The number of rotatable bonds is 2. The van der Waals surface area contributed by atoms with Gasteiger partial charge < -0.3 is 5.73 Å². The lowest BCUT2D eigenvalue weighted by Crippen LogP contribution is -2.11. The van der Waals surface area contributed by atoms with Gasteiger partial charge in [-0.15, -0.1) is 0 Å². The third-order valence-electron chi connectivity index (χ3n) is 2.81. The molecule has 0 fully saturated rings. The second-order valence-corrected chi connectivity index (χ2v) is 6.93. The fourth-order valence-electron chi connectivity index (χ4n) is 1.80. The number of thiazole rings is 1. The Morgan fingerprint density at radius 1 is 1.29 bits per heavy atom. The summed E-state index contributed by atoms with van der Waals surface area (Å²) in [6, 6.07) is 10.6. The molecule has 0 saturated carbocycles. The molecule has 7 heteroatoms. The van der Waals surface area contributed by atoms with E-state index < -0.39 is 0 Å². The van der Waals surface area contributed by atoms with Crippen molar-refractivity contribution < 1.29 is 4.79 Å². The number of nitrogens with one attached hydrogen (secondary N) is 1. The number of carbonyl (C=O) groups excluding carboxylic acids is 1. The van der Waals surface area contributed by atoms with Crippen LogP contribution in [0.4, 0.5) is 10.8 Å². The van der Waals surface area contributed by atoms with Crippen molar-refractivity contribution in [2.75, 3.05) is 11.1 Å². The van der Waals surface area contributed by atoms with Gasteiger partial charge in [-0.3, -0.25) is 10.1 Å². The van der Waals surface area contributed by atoms with Gasteiger partial charge in [0.25, 0.3) is 5.91 Å². The van der Waals surface area contributed by atoms with E-state index in [0.29, 0.717) is 21.4 Å². The molecule has 0 spiro atoms. The molecular formula is C14H9ClIN3OS. The zero-order chi connectivity index (χ0) is 15.0. The Morgan fingerprint density at radius 2 is 2.10 bits per heavy atom. The molecule has 0 aliphatic rings. The molecule has 0 radical (unpaired) electrons. The molecule has 106 valence electrons. The first-order valence-electron chi connectivity index (χ1n) is 5.95. The van der Waals surface area contributed by atoms with Gasteiger partial charge in [0.05, 0.1) is 15.2 Å². The highest BCUT2D eigenvalue weighted by atomic mass is 127. The first-order chi connectivity index (χ1) is 10.0. The maximum Gasteiger partial charge on any atom is 0.257 e. The highest BCUT2D eigenvalue weighted by molar-refractivity contribution is 14.1. The normalized spacial score (nSPS) is 10.8. The minimum atomic E-state index is -0.236. The van der Waals surface area contributed by atoms with Crippen molar-refractivity contribution in [1.82, 2.24) is 4.98 Å². The van der Waals surface area contributed by atoms with Gasteiger partial charge in [-0.2, -0.15) is 0 Å². The number of nitrogens with two attached hydrogens (primary N) is 1. The molecule has 0 aliphatic heterocycles. The summed E-state index contributed by atoms with van der Waals surface area (Å²) in [4.78, 5) is 16.5. The lowest BCUT2D eigenvalue weighted by atomic mass is 10.2. The van der Waals surface area contributed by atoms with Gasteiger partial charge in [0, 0.05) is 14.8 Å². The smallest absolute Gasteiger partial charge is 0.257 e. The van der Waals surface area contributed by atoms with E-state index in [1.807, 2.05) is 12.1 Å². The topological polar surface area (TPSA) is 68.0 Å². The van der Waals surface area contributed by atoms with E-state index in [2.05, 4.69) is 32.9 Å². The molecule has 3 N–H and O–H groups in total. The lowest BCUT2D eigenvalue weighted by Gasteiger charge is -2.03. The molecule has 2 aromatic carbocycles. The zero-order valence-corrected chi connectivity index (χ0v) is 14.3. The van der Waals surface area contributed by atoms with Crippen LogP contribution in [-0.4, -0.2) is 10.9 Å². The SMILES string of the molecule is Nc1ccc2nc(NC(=O)c3ccc(I)c(Cl)c3)sc2c1. The number of amides is 1. The molecule has 1 amide bonds. The molecule has 3 rings (SSSR count). The Bertz CT molecular complexity index is 849. The molecule has 0 unspecified atom stereocenters. The van der Waals surface area contributed by atoms with Crippen LogP contribution >= 0.6 is 45.5 Å². The Morgan fingerprint density at radius 3 is 2.86 bits per heavy atom. The predicted molar refractivity (Wildman–Crippen MR) is 96.2 cm³/mol. The molecule has 3 aromatic rings. The van der Waals surface area contributed by atoms with Crippen molar-refractivity contribution in [3.8, 4) is 0 Å². The molecule has 0 aliphatic carbocycles. The number of halogens is 2. The van der Waals surface area contributed by atoms with Crippen LogP contribution in [0.5, 0.6) is 0 Å². The summed E-state index contributed by atoms with van der Waals surface area (Å²) in [7, 11) is 0. The molecule has 0 saturated heterocycles. The van der Waals surface area contributed by atoms with Gasteiger partial charge in [-0.25, -0.2) is 4.98 Å². The van der Waals surface area contributed by atoms with Crippen LogP contribution in [0.15, 0.2) is 36.4 Å². The number of aromatic nitrogens is 1. The van der Waals surface area contributed by atoms with Crippen molar-refractivity contribution >= 4 is 72.5 Å². The van der Waals surface area contributed by atoms with Gasteiger partial charge in [-0.1, -0.05) is 22.9 Å². The summed E-state index contributed by atoms with van der Waals surface area (Å²) in [5.41, 5.74) is 7.72. The standard InChI is InChI=1S/C14H9ClIN3OS/c15-9-5-7(1-3-10(9)16)13(20)19-14-18-11-4-2-8(17)6-12(11)21-14/h1-6H,17H2,(H,18,19,20). The summed E-state index contributed by atoms with van der Waals surface area (Å²) in [5, 5.41) is 3.87. The summed E-state index contributed by atoms with van der Waals surface area (Å²) in [6.07, 6.45) is 0. The van der Waals surface area contributed by atoms with E-state index in [1.165, 1.54) is 11.3 Å². The third kappa shape index (κ3) is 3.12. The number of hydrogen-bond donors (Lipinski definition) is 2.